The van der Waals surface area contributed by atoms with E-state index in [4.69, 9.17) is 5.73 Å². The van der Waals surface area contributed by atoms with Gasteiger partial charge in [0.05, 0.1) is 11.9 Å². The SMILES string of the molecule is CC(c1nc(N)cc(-c2cnn(C)c2)n1)S(C)(=O)=O. The first-order chi connectivity index (χ1) is 8.77. The summed E-state index contributed by atoms with van der Waals surface area (Å²) >= 11 is 0. The molecule has 0 radical (unpaired) electrons. The van der Waals surface area contributed by atoms with Crippen LogP contribution in [0.1, 0.15) is 18.0 Å². The van der Waals surface area contributed by atoms with E-state index in [2.05, 4.69) is 15.1 Å². The third-order valence-electron chi connectivity index (χ3n) is 2.77. The first kappa shape index (κ1) is 13.5. The van der Waals surface area contributed by atoms with Crippen LogP contribution in [-0.2, 0) is 16.9 Å². The molecule has 2 aromatic heterocycles. The maximum absolute atomic E-state index is 11.6. The molecule has 102 valence electrons. The van der Waals surface area contributed by atoms with Gasteiger partial charge in [-0.1, -0.05) is 0 Å². The van der Waals surface area contributed by atoms with Crippen LogP contribution in [0.2, 0.25) is 0 Å². The van der Waals surface area contributed by atoms with Gasteiger partial charge in [0.15, 0.2) is 9.84 Å². The van der Waals surface area contributed by atoms with Gasteiger partial charge in [-0.05, 0) is 6.92 Å². The molecule has 0 saturated carbocycles. The highest BCUT2D eigenvalue weighted by atomic mass is 32.2. The van der Waals surface area contributed by atoms with Gasteiger partial charge in [-0.25, -0.2) is 18.4 Å². The fourth-order valence-electron chi connectivity index (χ4n) is 1.56. The van der Waals surface area contributed by atoms with Crippen LogP contribution >= 0.6 is 0 Å². The Balaban J connectivity index is 2.52. The predicted octanol–water partition coefficient (Wildman–Crippen LogP) is 0.565. The van der Waals surface area contributed by atoms with E-state index in [0.29, 0.717) is 5.69 Å². The molecular formula is C11H15N5O2S. The van der Waals surface area contributed by atoms with Gasteiger partial charge in [0.2, 0.25) is 0 Å². The van der Waals surface area contributed by atoms with Crippen LogP contribution in [-0.4, -0.2) is 34.4 Å². The number of aryl methyl sites for hydroxylation is 1. The van der Waals surface area contributed by atoms with Gasteiger partial charge in [-0.15, -0.1) is 0 Å². The van der Waals surface area contributed by atoms with E-state index in [0.717, 1.165) is 11.8 Å². The second-order valence-corrected chi connectivity index (χ2v) is 6.78. The Hall–Kier alpha value is -1.96. The van der Waals surface area contributed by atoms with Crippen LogP contribution in [0.5, 0.6) is 0 Å². The molecule has 2 N–H and O–H groups in total. The Morgan fingerprint density at radius 1 is 1.37 bits per heavy atom. The van der Waals surface area contributed by atoms with Gasteiger partial charge >= 0.3 is 0 Å². The lowest BCUT2D eigenvalue weighted by atomic mass is 10.2. The maximum Gasteiger partial charge on any atom is 0.157 e. The van der Waals surface area contributed by atoms with E-state index >= 15 is 0 Å². The van der Waals surface area contributed by atoms with Crippen molar-refractivity contribution in [2.24, 2.45) is 7.05 Å². The molecule has 1 unspecified atom stereocenters. The van der Waals surface area contributed by atoms with Crippen LogP contribution in [0.25, 0.3) is 11.3 Å². The van der Waals surface area contributed by atoms with Gasteiger partial charge < -0.3 is 5.73 Å². The normalized spacial score (nSPS) is 13.4. The zero-order valence-electron chi connectivity index (χ0n) is 10.9. The van der Waals surface area contributed by atoms with Crippen LogP contribution < -0.4 is 5.73 Å². The van der Waals surface area contributed by atoms with E-state index in [1.165, 1.54) is 6.92 Å². The minimum absolute atomic E-state index is 0.196. The van der Waals surface area contributed by atoms with E-state index in [1.54, 1.807) is 30.2 Å². The molecule has 19 heavy (non-hydrogen) atoms. The minimum Gasteiger partial charge on any atom is -0.384 e. The number of nitrogens with two attached hydrogens (primary N) is 1. The number of nitrogens with zero attached hydrogens (tertiary/aromatic N) is 4. The van der Waals surface area contributed by atoms with Crippen molar-refractivity contribution in [1.82, 2.24) is 19.7 Å². The van der Waals surface area contributed by atoms with Gasteiger partial charge in [-0.2, -0.15) is 5.10 Å². The molecule has 8 heteroatoms. The second kappa shape index (κ2) is 4.61. The largest absolute Gasteiger partial charge is 0.384 e. The number of anilines is 1. The number of hydrogen-bond donors (Lipinski definition) is 1. The minimum atomic E-state index is -3.27. The van der Waals surface area contributed by atoms with Crippen molar-refractivity contribution in [3.05, 3.63) is 24.3 Å². The number of nitrogen functional groups attached to an aromatic ring is 1. The summed E-state index contributed by atoms with van der Waals surface area (Å²) in [5, 5.41) is 3.24. The summed E-state index contributed by atoms with van der Waals surface area (Å²) in [6, 6.07) is 1.59. The molecule has 1 atom stereocenters. The molecule has 2 aromatic rings. The Labute approximate surface area is 111 Å². The molecular weight excluding hydrogens is 266 g/mol. The molecule has 2 rings (SSSR count). The first-order valence-electron chi connectivity index (χ1n) is 5.59. The lowest BCUT2D eigenvalue weighted by Crippen LogP contribution is -2.12. The Bertz CT molecular complexity index is 708. The third kappa shape index (κ3) is 2.90. The van der Waals surface area contributed by atoms with Crippen LogP contribution in [0.4, 0.5) is 5.82 Å². The molecule has 0 aliphatic carbocycles. The van der Waals surface area contributed by atoms with Crippen molar-refractivity contribution in [2.45, 2.75) is 12.2 Å². The zero-order chi connectivity index (χ0) is 14.2. The summed E-state index contributed by atoms with van der Waals surface area (Å²) in [6.07, 6.45) is 4.56. The molecule has 0 saturated heterocycles. The van der Waals surface area contributed by atoms with Gasteiger partial charge in [0.25, 0.3) is 0 Å². The number of sulfone groups is 1. The molecule has 0 aromatic carbocycles. The number of rotatable bonds is 3. The summed E-state index contributed by atoms with van der Waals surface area (Å²) in [7, 11) is -1.48. The standard InChI is InChI=1S/C11H15N5O2S/c1-7(19(3,17)18)11-14-9(4-10(12)15-11)8-5-13-16(2)6-8/h4-7H,1-3H3,(H2,12,14,15). The number of aromatic nitrogens is 4. The van der Waals surface area contributed by atoms with Crippen LogP contribution in [0, 0.1) is 0 Å². The monoisotopic (exact) mass is 281 g/mol. The molecule has 2 heterocycles. The fraction of sp³-hybridized carbons (Fsp3) is 0.364. The zero-order valence-corrected chi connectivity index (χ0v) is 11.7. The van der Waals surface area contributed by atoms with Crippen molar-refractivity contribution in [3.8, 4) is 11.3 Å². The van der Waals surface area contributed by atoms with Gasteiger partial charge in [-0.3, -0.25) is 4.68 Å². The molecule has 7 nitrogen and oxygen atoms in total. The van der Waals surface area contributed by atoms with Crippen LogP contribution in [0.15, 0.2) is 18.5 Å². The van der Waals surface area contributed by atoms with Gasteiger partial charge in [0, 0.05) is 31.1 Å². The van der Waals surface area contributed by atoms with Crippen molar-refractivity contribution >= 4 is 15.7 Å². The van der Waals surface area contributed by atoms with Gasteiger partial charge in [0.1, 0.15) is 16.9 Å². The quantitative estimate of drug-likeness (QED) is 0.881. The number of hydrogen-bond acceptors (Lipinski definition) is 6. The summed E-state index contributed by atoms with van der Waals surface area (Å²) in [6.45, 7) is 1.54. The topological polar surface area (TPSA) is 104 Å². The van der Waals surface area contributed by atoms with Crippen molar-refractivity contribution in [3.63, 3.8) is 0 Å². The van der Waals surface area contributed by atoms with E-state index in [-0.39, 0.29) is 11.6 Å². The van der Waals surface area contributed by atoms with E-state index in [9.17, 15) is 8.42 Å². The lowest BCUT2D eigenvalue weighted by Gasteiger charge is -2.09. The second-order valence-electron chi connectivity index (χ2n) is 4.41. The Morgan fingerprint density at radius 2 is 2.05 bits per heavy atom. The van der Waals surface area contributed by atoms with Crippen molar-refractivity contribution in [2.75, 3.05) is 12.0 Å². The maximum atomic E-state index is 11.6. The van der Waals surface area contributed by atoms with Crippen LogP contribution in [0.3, 0.4) is 0 Å². The van der Waals surface area contributed by atoms with E-state index < -0.39 is 15.1 Å². The summed E-state index contributed by atoms with van der Waals surface area (Å²) < 4.78 is 24.7. The molecule has 0 spiro atoms. The highest BCUT2D eigenvalue weighted by molar-refractivity contribution is 7.90. The summed E-state index contributed by atoms with van der Waals surface area (Å²) in [4.78, 5) is 8.25. The van der Waals surface area contributed by atoms with E-state index in [1.807, 2.05) is 0 Å². The molecule has 0 amide bonds. The van der Waals surface area contributed by atoms with Crippen molar-refractivity contribution in [1.29, 1.82) is 0 Å². The highest BCUT2D eigenvalue weighted by Gasteiger charge is 2.21. The molecule has 0 aliphatic rings. The molecule has 0 aliphatic heterocycles. The smallest absolute Gasteiger partial charge is 0.157 e. The molecule has 0 fully saturated rings. The summed E-state index contributed by atoms with van der Waals surface area (Å²) in [5.41, 5.74) is 7.04. The molecule has 0 bridgehead atoms. The Morgan fingerprint density at radius 3 is 2.58 bits per heavy atom. The fourth-order valence-corrected chi connectivity index (χ4v) is 2.05. The summed E-state index contributed by atoms with van der Waals surface area (Å²) in [5.74, 6) is 0.431. The first-order valence-corrected chi connectivity index (χ1v) is 7.55. The average Bonchev–Trinajstić information content (AvgIpc) is 2.73. The predicted molar refractivity (Wildman–Crippen MR) is 71.9 cm³/mol. The Kier molecular flexibility index (Phi) is 3.27. The average molecular weight is 281 g/mol. The van der Waals surface area contributed by atoms with Crippen molar-refractivity contribution < 1.29 is 8.42 Å². The lowest BCUT2D eigenvalue weighted by molar-refractivity contribution is 0.589. The highest BCUT2D eigenvalue weighted by Crippen LogP contribution is 2.23. The third-order valence-corrected chi connectivity index (χ3v) is 4.27.